The third-order valence-corrected chi connectivity index (χ3v) is 4.62. The van der Waals surface area contributed by atoms with Crippen molar-refractivity contribution < 1.29 is 19.2 Å². The molecule has 0 atom stereocenters. The molecule has 0 saturated heterocycles. The molecule has 8 nitrogen and oxygen atoms in total. The first-order valence-electron chi connectivity index (χ1n) is 9.66. The number of hydrogen-bond donors (Lipinski definition) is 2. The summed E-state index contributed by atoms with van der Waals surface area (Å²) in [5.41, 5.74) is 1.86. The molecular weight excluding hydrogens is 410 g/mol. The van der Waals surface area contributed by atoms with Gasteiger partial charge in [0.1, 0.15) is 11.4 Å². The predicted octanol–water partition coefficient (Wildman–Crippen LogP) is 4.32. The van der Waals surface area contributed by atoms with Crippen molar-refractivity contribution in [3.8, 4) is 5.75 Å². The van der Waals surface area contributed by atoms with Crippen LogP contribution in [0.5, 0.6) is 5.75 Å². The highest BCUT2D eigenvalue weighted by Crippen LogP contribution is 2.18. The summed E-state index contributed by atoms with van der Waals surface area (Å²) in [6, 6.07) is 19.4. The van der Waals surface area contributed by atoms with Crippen LogP contribution in [0.2, 0.25) is 0 Å². The minimum absolute atomic E-state index is 0.0606. The maximum atomic E-state index is 13.0. The zero-order valence-corrected chi connectivity index (χ0v) is 17.5. The maximum Gasteiger partial charge on any atom is 0.272 e. The van der Waals surface area contributed by atoms with Crippen molar-refractivity contribution >= 4 is 29.3 Å². The monoisotopic (exact) mass is 431 g/mol. The average molecular weight is 431 g/mol. The number of nitro groups is 1. The molecule has 0 radical (unpaired) electrons. The van der Waals surface area contributed by atoms with Crippen molar-refractivity contribution in [1.82, 2.24) is 5.32 Å². The fourth-order valence-electron chi connectivity index (χ4n) is 2.94. The van der Waals surface area contributed by atoms with Gasteiger partial charge in [0.15, 0.2) is 0 Å². The number of hydrogen-bond acceptors (Lipinski definition) is 5. The van der Waals surface area contributed by atoms with E-state index in [0.29, 0.717) is 22.6 Å². The molecule has 3 aromatic carbocycles. The molecule has 0 aromatic heterocycles. The number of nitrogens with one attached hydrogen (secondary N) is 2. The lowest BCUT2D eigenvalue weighted by Crippen LogP contribution is -2.31. The molecule has 8 heteroatoms. The van der Waals surface area contributed by atoms with E-state index in [1.54, 1.807) is 55.5 Å². The van der Waals surface area contributed by atoms with Crippen LogP contribution in [0, 0.1) is 17.0 Å². The summed E-state index contributed by atoms with van der Waals surface area (Å²) < 4.78 is 5.11. The lowest BCUT2D eigenvalue weighted by Gasteiger charge is -2.12. The number of non-ortho nitro benzene ring substituents is 1. The Bertz CT molecular complexity index is 1190. The van der Waals surface area contributed by atoms with Crippen molar-refractivity contribution in [2.75, 3.05) is 12.4 Å². The van der Waals surface area contributed by atoms with E-state index < -0.39 is 16.7 Å². The van der Waals surface area contributed by atoms with E-state index in [2.05, 4.69) is 10.6 Å². The van der Waals surface area contributed by atoms with Gasteiger partial charge in [0.2, 0.25) is 0 Å². The summed E-state index contributed by atoms with van der Waals surface area (Å²) >= 11 is 0. The number of carbonyl (C=O) groups excluding carboxylic acids is 2. The molecule has 0 spiro atoms. The van der Waals surface area contributed by atoms with Gasteiger partial charge in [-0.15, -0.1) is 0 Å². The molecule has 0 heterocycles. The van der Waals surface area contributed by atoms with Gasteiger partial charge < -0.3 is 15.4 Å². The summed E-state index contributed by atoms with van der Waals surface area (Å²) in [6.45, 7) is 1.79. The van der Waals surface area contributed by atoms with Crippen LogP contribution in [0.4, 0.5) is 11.4 Å². The summed E-state index contributed by atoms with van der Waals surface area (Å²) in [4.78, 5) is 36.4. The van der Waals surface area contributed by atoms with Crippen LogP contribution in [-0.2, 0) is 4.79 Å². The fourth-order valence-corrected chi connectivity index (χ4v) is 2.94. The normalized spacial score (nSPS) is 10.9. The summed E-state index contributed by atoms with van der Waals surface area (Å²) in [6.07, 6.45) is 1.39. The number of ether oxygens (including phenoxy) is 1. The van der Waals surface area contributed by atoms with Crippen molar-refractivity contribution in [2.24, 2.45) is 0 Å². The number of benzene rings is 3. The number of carbonyl (C=O) groups is 2. The SMILES string of the molecule is COc1ccc(NC(=O)/C(=C\c2cccc([N+](=O)[O-])c2)NC(=O)c2ccccc2C)cc1. The molecule has 2 N–H and O–H groups in total. The van der Waals surface area contributed by atoms with Gasteiger partial charge in [-0.2, -0.15) is 0 Å². The van der Waals surface area contributed by atoms with Gasteiger partial charge in [-0.05, 0) is 54.5 Å². The van der Waals surface area contributed by atoms with E-state index in [4.69, 9.17) is 4.74 Å². The van der Waals surface area contributed by atoms with E-state index in [0.717, 1.165) is 5.56 Å². The van der Waals surface area contributed by atoms with E-state index in [9.17, 15) is 19.7 Å². The van der Waals surface area contributed by atoms with Gasteiger partial charge in [0.25, 0.3) is 17.5 Å². The Morgan fingerprint density at radius 2 is 1.72 bits per heavy atom. The Labute approximate surface area is 184 Å². The van der Waals surface area contributed by atoms with Gasteiger partial charge in [-0.3, -0.25) is 19.7 Å². The lowest BCUT2D eigenvalue weighted by atomic mass is 10.1. The largest absolute Gasteiger partial charge is 0.497 e. The first-order valence-corrected chi connectivity index (χ1v) is 9.66. The topological polar surface area (TPSA) is 111 Å². The number of nitrogens with zero attached hydrogens (tertiary/aromatic N) is 1. The third kappa shape index (κ3) is 5.57. The first kappa shape index (κ1) is 22.2. The standard InChI is InChI=1S/C24H21N3O5/c1-16-6-3-4-9-21(16)23(28)26-22(15-17-7-5-8-19(14-17)27(30)31)24(29)25-18-10-12-20(32-2)13-11-18/h3-15H,1-2H3,(H,25,29)(H,26,28)/b22-15+. The van der Waals surface area contributed by atoms with Crippen molar-refractivity contribution in [2.45, 2.75) is 6.92 Å². The maximum absolute atomic E-state index is 13.0. The van der Waals surface area contributed by atoms with Crippen molar-refractivity contribution in [1.29, 1.82) is 0 Å². The second-order valence-corrected chi connectivity index (χ2v) is 6.86. The molecule has 162 valence electrons. The lowest BCUT2D eigenvalue weighted by molar-refractivity contribution is -0.384. The molecule has 3 rings (SSSR count). The van der Waals surface area contributed by atoms with E-state index in [1.807, 2.05) is 6.07 Å². The summed E-state index contributed by atoms with van der Waals surface area (Å²) in [5, 5.41) is 16.4. The van der Waals surface area contributed by atoms with Gasteiger partial charge >= 0.3 is 0 Å². The second-order valence-electron chi connectivity index (χ2n) is 6.86. The smallest absolute Gasteiger partial charge is 0.272 e. The molecule has 0 fully saturated rings. The molecular formula is C24H21N3O5. The zero-order valence-electron chi connectivity index (χ0n) is 17.5. The number of anilines is 1. The van der Waals surface area contributed by atoms with Gasteiger partial charge in [0, 0.05) is 23.4 Å². The quantitative estimate of drug-likeness (QED) is 0.329. The van der Waals surface area contributed by atoms with Crippen LogP contribution in [0.3, 0.4) is 0 Å². The van der Waals surface area contributed by atoms with Crippen molar-refractivity contribution in [3.63, 3.8) is 0 Å². The van der Waals surface area contributed by atoms with E-state index in [-0.39, 0.29) is 11.4 Å². The zero-order chi connectivity index (χ0) is 23.1. The number of amides is 2. The van der Waals surface area contributed by atoms with Gasteiger partial charge in [-0.25, -0.2) is 0 Å². The van der Waals surface area contributed by atoms with Crippen LogP contribution in [0.25, 0.3) is 6.08 Å². The molecule has 0 unspecified atom stereocenters. The number of methoxy groups -OCH3 is 1. The van der Waals surface area contributed by atoms with Crippen molar-refractivity contribution in [3.05, 3.63) is 105 Å². The molecule has 0 aliphatic carbocycles. The Morgan fingerprint density at radius 1 is 1.00 bits per heavy atom. The molecule has 0 bridgehead atoms. The summed E-state index contributed by atoms with van der Waals surface area (Å²) in [5.74, 6) is -0.420. The first-order chi connectivity index (χ1) is 15.4. The minimum atomic E-state index is -0.580. The number of aryl methyl sites for hydroxylation is 1. The molecule has 3 aromatic rings. The van der Waals surface area contributed by atoms with Crippen LogP contribution < -0.4 is 15.4 Å². The second kappa shape index (κ2) is 10.0. The fraction of sp³-hybridized carbons (Fsp3) is 0.0833. The minimum Gasteiger partial charge on any atom is -0.497 e. The number of nitro benzene ring substituents is 1. The van der Waals surface area contributed by atoms with Crippen LogP contribution in [-0.4, -0.2) is 23.8 Å². The van der Waals surface area contributed by atoms with Crippen LogP contribution >= 0.6 is 0 Å². The highest BCUT2D eigenvalue weighted by Gasteiger charge is 2.17. The van der Waals surface area contributed by atoms with E-state index >= 15 is 0 Å². The van der Waals surface area contributed by atoms with Gasteiger partial charge in [0.05, 0.1) is 12.0 Å². The predicted molar refractivity (Wildman–Crippen MR) is 121 cm³/mol. The van der Waals surface area contributed by atoms with E-state index in [1.165, 1.54) is 31.4 Å². The summed E-state index contributed by atoms with van der Waals surface area (Å²) in [7, 11) is 1.54. The Kier molecular flexibility index (Phi) is 6.97. The average Bonchev–Trinajstić information content (AvgIpc) is 2.79. The van der Waals surface area contributed by atoms with Gasteiger partial charge in [-0.1, -0.05) is 30.3 Å². The third-order valence-electron chi connectivity index (χ3n) is 4.62. The Hall–Kier alpha value is -4.46. The molecule has 0 aliphatic heterocycles. The molecule has 0 aliphatic rings. The Balaban J connectivity index is 1.93. The number of rotatable bonds is 7. The van der Waals surface area contributed by atoms with Crippen LogP contribution in [0.15, 0.2) is 78.5 Å². The molecule has 32 heavy (non-hydrogen) atoms. The Morgan fingerprint density at radius 3 is 2.38 bits per heavy atom. The van der Waals surface area contributed by atoms with Crippen LogP contribution in [0.1, 0.15) is 21.5 Å². The highest BCUT2D eigenvalue weighted by molar-refractivity contribution is 6.11. The highest BCUT2D eigenvalue weighted by atomic mass is 16.6. The molecule has 2 amide bonds. The molecule has 0 saturated carbocycles.